The van der Waals surface area contributed by atoms with Gasteiger partial charge in [0, 0.05) is 23.5 Å². The number of amides is 1. The van der Waals surface area contributed by atoms with Crippen molar-refractivity contribution >= 4 is 23.0 Å². The number of benzene rings is 2. The summed E-state index contributed by atoms with van der Waals surface area (Å²) >= 11 is 0. The number of pyridine rings is 1. The van der Waals surface area contributed by atoms with E-state index >= 15 is 0 Å². The number of aryl methyl sites for hydroxylation is 1. The Morgan fingerprint density at radius 2 is 1.88 bits per heavy atom. The Kier molecular flexibility index (Phi) is 5.89. The van der Waals surface area contributed by atoms with Gasteiger partial charge in [-0.1, -0.05) is 24.3 Å². The number of anilines is 1. The van der Waals surface area contributed by atoms with E-state index in [9.17, 15) is 9.59 Å². The first kappa shape index (κ1) is 21.1. The van der Waals surface area contributed by atoms with Crippen molar-refractivity contribution < 1.29 is 19.1 Å². The number of ketones is 1. The van der Waals surface area contributed by atoms with Crippen molar-refractivity contribution in [2.75, 3.05) is 19.0 Å². The zero-order valence-electron chi connectivity index (χ0n) is 18.1. The first-order chi connectivity index (χ1) is 15.5. The first-order valence-electron chi connectivity index (χ1n) is 10.1. The Hall–Kier alpha value is -4.13. The maximum absolute atomic E-state index is 12.6. The standard InChI is InChI=1S/C25H23N3O4/c1-16-7-6-12-28-14-21(27-25(16)28)19-8-4-5-9-20(19)26-24(30)15-32-22-11-10-18(17(2)29)13-23(22)31-3/h4-14H,15H2,1-3H3,(H,26,30). The summed E-state index contributed by atoms with van der Waals surface area (Å²) in [5.74, 6) is 0.379. The molecular formula is C25H23N3O4. The van der Waals surface area contributed by atoms with Crippen LogP contribution in [0, 0.1) is 6.92 Å². The summed E-state index contributed by atoms with van der Waals surface area (Å²) in [4.78, 5) is 28.9. The number of aromatic nitrogens is 2. The van der Waals surface area contributed by atoms with Crippen LogP contribution in [0.3, 0.4) is 0 Å². The molecule has 2 heterocycles. The summed E-state index contributed by atoms with van der Waals surface area (Å²) in [6.45, 7) is 3.27. The van der Waals surface area contributed by atoms with Crippen molar-refractivity contribution in [2.45, 2.75) is 13.8 Å². The molecule has 0 unspecified atom stereocenters. The average molecular weight is 429 g/mol. The molecule has 1 amide bonds. The molecular weight excluding hydrogens is 406 g/mol. The van der Waals surface area contributed by atoms with Gasteiger partial charge in [-0.3, -0.25) is 9.59 Å². The number of fused-ring (bicyclic) bond motifs is 1. The molecule has 0 aliphatic carbocycles. The monoisotopic (exact) mass is 429 g/mol. The number of carbonyl (C=O) groups excluding carboxylic acids is 2. The Morgan fingerprint density at radius 3 is 2.62 bits per heavy atom. The SMILES string of the molecule is COc1cc(C(C)=O)ccc1OCC(=O)Nc1ccccc1-c1cn2cccc(C)c2n1. The topological polar surface area (TPSA) is 81.9 Å². The van der Waals surface area contributed by atoms with Crippen molar-refractivity contribution in [3.05, 3.63) is 78.1 Å². The molecule has 0 aliphatic heterocycles. The van der Waals surface area contributed by atoms with Gasteiger partial charge in [-0.25, -0.2) is 4.98 Å². The molecule has 2 aromatic heterocycles. The van der Waals surface area contributed by atoms with Crippen molar-refractivity contribution in [1.29, 1.82) is 0 Å². The largest absolute Gasteiger partial charge is 0.493 e. The highest BCUT2D eigenvalue weighted by molar-refractivity contribution is 5.96. The van der Waals surface area contributed by atoms with Crippen molar-refractivity contribution in [3.63, 3.8) is 0 Å². The van der Waals surface area contributed by atoms with Gasteiger partial charge in [-0.05, 0) is 49.7 Å². The number of hydrogen-bond acceptors (Lipinski definition) is 5. The quantitative estimate of drug-likeness (QED) is 0.436. The lowest BCUT2D eigenvalue weighted by Crippen LogP contribution is -2.20. The highest BCUT2D eigenvalue weighted by Gasteiger charge is 2.14. The van der Waals surface area contributed by atoms with Crippen molar-refractivity contribution in [1.82, 2.24) is 9.38 Å². The predicted molar refractivity (Wildman–Crippen MR) is 122 cm³/mol. The number of carbonyl (C=O) groups is 2. The Bertz CT molecular complexity index is 1310. The number of hydrogen-bond donors (Lipinski definition) is 1. The maximum Gasteiger partial charge on any atom is 0.262 e. The van der Waals surface area contributed by atoms with Gasteiger partial charge in [0.1, 0.15) is 5.65 Å². The molecule has 1 N–H and O–H groups in total. The van der Waals surface area contributed by atoms with E-state index in [4.69, 9.17) is 14.5 Å². The Balaban J connectivity index is 1.51. The van der Waals surface area contributed by atoms with Gasteiger partial charge in [0.15, 0.2) is 23.9 Å². The average Bonchev–Trinajstić information content (AvgIpc) is 3.23. The minimum Gasteiger partial charge on any atom is -0.493 e. The van der Waals surface area contributed by atoms with E-state index in [1.165, 1.54) is 14.0 Å². The predicted octanol–water partition coefficient (Wildman–Crippen LogP) is 4.54. The van der Waals surface area contributed by atoms with Gasteiger partial charge >= 0.3 is 0 Å². The lowest BCUT2D eigenvalue weighted by atomic mass is 10.1. The summed E-state index contributed by atoms with van der Waals surface area (Å²) in [5, 5.41) is 2.90. The molecule has 0 aliphatic rings. The number of rotatable bonds is 7. The summed E-state index contributed by atoms with van der Waals surface area (Å²) in [5.41, 5.74) is 4.66. The van der Waals surface area contributed by atoms with E-state index in [0.717, 1.165) is 22.5 Å². The van der Waals surface area contributed by atoms with E-state index in [2.05, 4.69) is 5.32 Å². The number of imidazole rings is 1. The first-order valence-corrected chi connectivity index (χ1v) is 10.1. The summed E-state index contributed by atoms with van der Waals surface area (Å²) in [6.07, 6.45) is 3.88. The van der Waals surface area contributed by atoms with Gasteiger partial charge in [0.05, 0.1) is 18.5 Å². The number of nitrogens with zero attached hydrogens (tertiary/aromatic N) is 2. The van der Waals surface area contributed by atoms with Gasteiger partial charge < -0.3 is 19.2 Å². The molecule has 4 rings (SSSR count). The maximum atomic E-state index is 12.6. The molecule has 0 fully saturated rings. The van der Waals surface area contributed by atoms with Gasteiger partial charge in [0.2, 0.25) is 0 Å². The highest BCUT2D eigenvalue weighted by atomic mass is 16.5. The molecule has 0 atom stereocenters. The molecule has 0 bridgehead atoms. The second-order valence-electron chi connectivity index (χ2n) is 7.35. The van der Waals surface area contributed by atoms with Crippen LogP contribution in [0.4, 0.5) is 5.69 Å². The van der Waals surface area contributed by atoms with Crippen LogP contribution in [0.2, 0.25) is 0 Å². The number of methoxy groups -OCH3 is 1. The fourth-order valence-corrected chi connectivity index (χ4v) is 3.43. The van der Waals surface area contributed by atoms with Crippen LogP contribution in [0.25, 0.3) is 16.9 Å². The smallest absolute Gasteiger partial charge is 0.262 e. The zero-order valence-corrected chi connectivity index (χ0v) is 18.1. The van der Waals surface area contributed by atoms with E-state index < -0.39 is 0 Å². The minimum atomic E-state index is -0.324. The highest BCUT2D eigenvalue weighted by Crippen LogP contribution is 2.30. The molecule has 0 radical (unpaired) electrons. The van der Waals surface area contributed by atoms with Crippen LogP contribution < -0.4 is 14.8 Å². The van der Waals surface area contributed by atoms with Crippen LogP contribution in [-0.4, -0.2) is 34.8 Å². The van der Waals surface area contributed by atoms with E-state index in [0.29, 0.717) is 22.7 Å². The fraction of sp³-hybridized carbons (Fsp3) is 0.160. The molecule has 4 aromatic rings. The lowest BCUT2D eigenvalue weighted by molar-refractivity contribution is -0.118. The van der Waals surface area contributed by atoms with Gasteiger partial charge in [0.25, 0.3) is 5.91 Å². The summed E-state index contributed by atoms with van der Waals surface area (Å²) in [7, 11) is 1.49. The second kappa shape index (κ2) is 8.93. The number of ether oxygens (including phenoxy) is 2. The minimum absolute atomic E-state index is 0.0775. The van der Waals surface area contributed by atoms with Crippen LogP contribution >= 0.6 is 0 Å². The molecule has 0 saturated carbocycles. The third-order valence-electron chi connectivity index (χ3n) is 5.08. The second-order valence-corrected chi connectivity index (χ2v) is 7.35. The number of nitrogens with one attached hydrogen (secondary N) is 1. The molecule has 7 nitrogen and oxygen atoms in total. The molecule has 0 spiro atoms. The van der Waals surface area contributed by atoms with Crippen LogP contribution in [0.1, 0.15) is 22.8 Å². The molecule has 162 valence electrons. The fourth-order valence-electron chi connectivity index (χ4n) is 3.43. The number of Topliss-reactive ketones (excluding diaryl/α,β-unsaturated/α-hetero) is 1. The zero-order chi connectivity index (χ0) is 22.7. The summed E-state index contributed by atoms with van der Waals surface area (Å²) < 4.78 is 12.9. The normalized spacial score (nSPS) is 10.7. The molecule has 2 aromatic carbocycles. The van der Waals surface area contributed by atoms with Crippen LogP contribution in [0.15, 0.2) is 67.0 Å². The molecule has 32 heavy (non-hydrogen) atoms. The van der Waals surface area contributed by atoms with E-state index in [1.807, 2.05) is 60.1 Å². The van der Waals surface area contributed by atoms with Crippen LogP contribution in [0.5, 0.6) is 11.5 Å². The van der Waals surface area contributed by atoms with E-state index in [-0.39, 0.29) is 18.3 Å². The molecule has 0 saturated heterocycles. The van der Waals surface area contributed by atoms with E-state index in [1.54, 1.807) is 18.2 Å². The lowest BCUT2D eigenvalue weighted by Gasteiger charge is -2.13. The summed E-state index contributed by atoms with van der Waals surface area (Å²) in [6, 6.07) is 16.3. The van der Waals surface area contributed by atoms with Crippen LogP contribution in [-0.2, 0) is 4.79 Å². The van der Waals surface area contributed by atoms with Crippen molar-refractivity contribution in [3.8, 4) is 22.8 Å². The van der Waals surface area contributed by atoms with Gasteiger partial charge in [-0.15, -0.1) is 0 Å². The third kappa shape index (κ3) is 4.32. The number of para-hydroxylation sites is 1. The molecule has 7 heteroatoms. The Labute approximate surface area is 185 Å². The third-order valence-corrected chi connectivity index (χ3v) is 5.08. The van der Waals surface area contributed by atoms with Gasteiger partial charge in [-0.2, -0.15) is 0 Å². The van der Waals surface area contributed by atoms with Crippen molar-refractivity contribution in [2.24, 2.45) is 0 Å². The Morgan fingerprint density at radius 1 is 1.06 bits per heavy atom.